The predicted molar refractivity (Wildman–Crippen MR) is 78.2 cm³/mol. The Morgan fingerprint density at radius 2 is 1.75 bits per heavy atom. The summed E-state index contributed by atoms with van der Waals surface area (Å²) in [6, 6.07) is 15.1. The van der Waals surface area contributed by atoms with Crippen molar-refractivity contribution in [2.24, 2.45) is 0 Å². The Morgan fingerprint density at radius 3 is 2.50 bits per heavy atom. The highest BCUT2D eigenvalue weighted by molar-refractivity contribution is 5.52. The van der Waals surface area contributed by atoms with Crippen molar-refractivity contribution in [1.82, 2.24) is 0 Å². The number of rotatable bonds is 4. The summed E-state index contributed by atoms with van der Waals surface area (Å²) < 4.78 is 13.7. The van der Waals surface area contributed by atoms with E-state index >= 15 is 0 Å². The first kappa shape index (κ1) is 13.1. The topological polar surface area (TPSA) is 32.3 Å². The number of hydrogen-bond acceptors (Lipinski definition) is 2. The van der Waals surface area contributed by atoms with Crippen molar-refractivity contribution >= 4 is 5.69 Å². The number of anilines is 1. The summed E-state index contributed by atoms with van der Waals surface area (Å²) in [6.07, 6.45) is 1.86. The van der Waals surface area contributed by atoms with Crippen molar-refractivity contribution in [3.8, 4) is 0 Å². The molecular formula is C17H18FNO. The van der Waals surface area contributed by atoms with Gasteiger partial charge in [-0.2, -0.15) is 0 Å². The Kier molecular flexibility index (Phi) is 3.70. The Morgan fingerprint density at radius 1 is 1.05 bits per heavy atom. The number of aliphatic hydroxyl groups excluding tert-OH is 1. The molecule has 0 aliphatic heterocycles. The van der Waals surface area contributed by atoms with Gasteiger partial charge >= 0.3 is 0 Å². The van der Waals surface area contributed by atoms with Crippen LogP contribution in [0.25, 0.3) is 0 Å². The van der Waals surface area contributed by atoms with Gasteiger partial charge < -0.3 is 10.4 Å². The van der Waals surface area contributed by atoms with Crippen molar-refractivity contribution in [2.45, 2.75) is 31.4 Å². The number of para-hydroxylation sites is 1. The molecule has 1 fully saturated rings. The smallest absolute Gasteiger partial charge is 0.126 e. The molecule has 0 atom stereocenters. The molecule has 0 heterocycles. The number of benzene rings is 2. The first-order valence-corrected chi connectivity index (χ1v) is 6.97. The van der Waals surface area contributed by atoms with E-state index in [1.54, 1.807) is 6.07 Å². The van der Waals surface area contributed by atoms with E-state index in [9.17, 15) is 9.50 Å². The number of hydrogen-bond donors (Lipinski definition) is 2. The van der Waals surface area contributed by atoms with Gasteiger partial charge in [-0.05, 0) is 36.5 Å². The fourth-order valence-corrected chi connectivity index (χ4v) is 2.81. The zero-order valence-electron chi connectivity index (χ0n) is 11.2. The molecule has 0 amide bonds. The van der Waals surface area contributed by atoms with Crippen molar-refractivity contribution in [2.75, 3.05) is 5.32 Å². The zero-order valence-corrected chi connectivity index (χ0v) is 11.2. The highest BCUT2D eigenvalue weighted by atomic mass is 19.1. The quantitative estimate of drug-likeness (QED) is 0.889. The van der Waals surface area contributed by atoms with Gasteiger partial charge in [0.05, 0.1) is 6.61 Å². The third kappa shape index (κ3) is 2.54. The molecule has 1 aliphatic rings. The average molecular weight is 271 g/mol. The summed E-state index contributed by atoms with van der Waals surface area (Å²) in [5.41, 5.74) is 2.70. The Labute approximate surface area is 118 Å². The van der Waals surface area contributed by atoms with E-state index in [0.29, 0.717) is 12.0 Å². The van der Waals surface area contributed by atoms with Crippen LogP contribution in [-0.4, -0.2) is 11.1 Å². The van der Waals surface area contributed by atoms with Crippen LogP contribution in [0.4, 0.5) is 10.1 Å². The Hall–Kier alpha value is -1.87. The van der Waals surface area contributed by atoms with Crippen molar-refractivity contribution in [3.05, 3.63) is 65.5 Å². The van der Waals surface area contributed by atoms with Crippen molar-refractivity contribution < 1.29 is 9.50 Å². The summed E-state index contributed by atoms with van der Waals surface area (Å²) in [4.78, 5) is 0. The van der Waals surface area contributed by atoms with Gasteiger partial charge in [0, 0.05) is 17.3 Å². The molecule has 0 aromatic heterocycles. The van der Waals surface area contributed by atoms with Crippen LogP contribution in [0.1, 0.15) is 29.9 Å². The third-order valence-corrected chi connectivity index (χ3v) is 4.03. The van der Waals surface area contributed by atoms with Crippen LogP contribution in [-0.2, 0) is 6.61 Å². The standard InChI is InChI=1S/C17H18FNO/c18-16-7-3-2-6-15(16)13-9-14(10-13)19-17-8-4-1-5-12(17)11-20/h1-8,13-14,19-20H,9-11H2. The van der Waals surface area contributed by atoms with Crippen LogP contribution >= 0.6 is 0 Å². The lowest BCUT2D eigenvalue weighted by atomic mass is 9.75. The Bertz CT molecular complexity index is 593. The highest BCUT2D eigenvalue weighted by Crippen LogP contribution is 2.39. The molecule has 2 aromatic rings. The number of nitrogens with one attached hydrogen (secondary N) is 1. The van der Waals surface area contributed by atoms with Crippen LogP contribution in [0, 0.1) is 5.82 Å². The predicted octanol–water partition coefficient (Wildman–Crippen LogP) is 3.68. The number of aliphatic hydroxyl groups is 1. The van der Waals surface area contributed by atoms with Gasteiger partial charge in [-0.3, -0.25) is 0 Å². The largest absolute Gasteiger partial charge is 0.392 e. The number of halogens is 1. The van der Waals surface area contributed by atoms with Crippen molar-refractivity contribution in [3.63, 3.8) is 0 Å². The molecule has 0 bridgehead atoms. The van der Waals surface area contributed by atoms with E-state index in [-0.39, 0.29) is 12.4 Å². The summed E-state index contributed by atoms with van der Waals surface area (Å²) in [7, 11) is 0. The van der Waals surface area contributed by atoms with Gasteiger partial charge in [-0.25, -0.2) is 4.39 Å². The van der Waals surface area contributed by atoms with E-state index in [0.717, 1.165) is 29.7 Å². The maximum Gasteiger partial charge on any atom is 0.126 e. The summed E-state index contributed by atoms with van der Waals surface area (Å²) >= 11 is 0. The molecule has 0 saturated heterocycles. The van der Waals surface area contributed by atoms with Crippen LogP contribution in [0.15, 0.2) is 48.5 Å². The summed E-state index contributed by atoms with van der Waals surface area (Å²) in [5, 5.41) is 12.7. The molecule has 104 valence electrons. The maximum absolute atomic E-state index is 13.7. The van der Waals surface area contributed by atoms with E-state index in [1.165, 1.54) is 6.07 Å². The van der Waals surface area contributed by atoms with E-state index in [1.807, 2.05) is 36.4 Å². The molecule has 3 heteroatoms. The van der Waals surface area contributed by atoms with Gasteiger partial charge in [0.25, 0.3) is 0 Å². The molecule has 0 spiro atoms. The molecule has 0 radical (unpaired) electrons. The zero-order chi connectivity index (χ0) is 13.9. The van der Waals surface area contributed by atoms with Crippen molar-refractivity contribution in [1.29, 1.82) is 0 Å². The molecular weight excluding hydrogens is 253 g/mol. The lowest BCUT2D eigenvalue weighted by molar-refractivity contribution is 0.282. The minimum absolute atomic E-state index is 0.0344. The summed E-state index contributed by atoms with van der Waals surface area (Å²) in [6.45, 7) is 0.0344. The first-order valence-electron chi connectivity index (χ1n) is 6.97. The highest BCUT2D eigenvalue weighted by Gasteiger charge is 2.31. The minimum atomic E-state index is -0.105. The molecule has 0 unspecified atom stereocenters. The molecule has 20 heavy (non-hydrogen) atoms. The second-order valence-electron chi connectivity index (χ2n) is 5.35. The van der Waals surface area contributed by atoms with Gasteiger partial charge in [0.2, 0.25) is 0 Å². The molecule has 2 aromatic carbocycles. The van der Waals surface area contributed by atoms with Crippen LogP contribution in [0.5, 0.6) is 0 Å². The maximum atomic E-state index is 13.7. The fourth-order valence-electron chi connectivity index (χ4n) is 2.81. The molecule has 2 nitrogen and oxygen atoms in total. The van der Waals surface area contributed by atoms with E-state index in [2.05, 4.69) is 5.32 Å². The van der Waals surface area contributed by atoms with Gasteiger partial charge in [0.1, 0.15) is 5.82 Å². The molecule has 1 aliphatic carbocycles. The third-order valence-electron chi connectivity index (χ3n) is 4.03. The van der Waals surface area contributed by atoms with Crippen LogP contribution in [0.2, 0.25) is 0 Å². The SMILES string of the molecule is OCc1ccccc1NC1CC(c2ccccc2F)C1. The van der Waals surface area contributed by atoms with Gasteiger partial charge in [0.15, 0.2) is 0 Å². The van der Waals surface area contributed by atoms with E-state index in [4.69, 9.17) is 0 Å². The molecule has 1 saturated carbocycles. The minimum Gasteiger partial charge on any atom is -0.392 e. The van der Waals surface area contributed by atoms with E-state index < -0.39 is 0 Å². The first-order chi connectivity index (χ1) is 9.78. The second kappa shape index (κ2) is 5.63. The Balaban J connectivity index is 1.63. The molecule has 2 N–H and O–H groups in total. The summed E-state index contributed by atoms with van der Waals surface area (Å²) in [5.74, 6) is 0.196. The van der Waals surface area contributed by atoms with Gasteiger partial charge in [-0.15, -0.1) is 0 Å². The normalized spacial score (nSPS) is 21.3. The molecule has 3 rings (SSSR count). The van der Waals surface area contributed by atoms with Crippen LogP contribution in [0.3, 0.4) is 0 Å². The second-order valence-corrected chi connectivity index (χ2v) is 5.35. The fraction of sp³-hybridized carbons (Fsp3) is 0.294. The lowest BCUT2D eigenvalue weighted by Crippen LogP contribution is -2.34. The van der Waals surface area contributed by atoms with Crippen LogP contribution < -0.4 is 5.32 Å². The lowest BCUT2D eigenvalue weighted by Gasteiger charge is -2.37. The average Bonchev–Trinajstić information content (AvgIpc) is 2.44. The monoisotopic (exact) mass is 271 g/mol. The van der Waals surface area contributed by atoms with Gasteiger partial charge in [-0.1, -0.05) is 36.4 Å².